The molecule has 1 heterocycles. The lowest BCUT2D eigenvalue weighted by Gasteiger charge is -2.03. The van der Waals surface area contributed by atoms with E-state index in [1.807, 2.05) is 0 Å². The van der Waals surface area contributed by atoms with Crippen LogP contribution in [0.4, 0.5) is 5.69 Å². The molecule has 15 heavy (non-hydrogen) atoms. The summed E-state index contributed by atoms with van der Waals surface area (Å²) in [6, 6.07) is 5.20. The number of sulfone groups is 1. The Kier molecular flexibility index (Phi) is 2.26. The normalized spacial score (nSPS) is 17.1. The lowest BCUT2D eigenvalue weighted by atomic mass is 10.1. The van der Waals surface area contributed by atoms with Crippen LogP contribution in [-0.2, 0) is 26.1 Å². The topological polar surface area (TPSA) is 63.2 Å². The maximum Gasteiger partial charge on any atom is 0.221 e. The Morgan fingerprint density at radius 3 is 2.60 bits per heavy atom. The molecule has 1 aromatic rings. The molecule has 80 valence electrons. The van der Waals surface area contributed by atoms with Gasteiger partial charge in [0.25, 0.3) is 0 Å². The molecule has 0 unspecified atom stereocenters. The summed E-state index contributed by atoms with van der Waals surface area (Å²) in [5.74, 6) is 0.0362. The monoisotopic (exact) mass is 225 g/mol. The van der Waals surface area contributed by atoms with E-state index in [0.29, 0.717) is 5.69 Å². The minimum absolute atomic E-state index is 0.0791. The Bertz CT molecular complexity index is 519. The third-order valence-electron chi connectivity index (χ3n) is 2.28. The van der Waals surface area contributed by atoms with Gasteiger partial charge < -0.3 is 5.32 Å². The van der Waals surface area contributed by atoms with Crippen LogP contribution in [0, 0.1) is 0 Å². The van der Waals surface area contributed by atoms with Crippen molar-refractivity contribution in [3.05, 3.63) is 29.3 Å². The van der Waals surface area contributed by atoms with E-state index in [1.54, 1.807) is 18.2 Å². The number of benzene rings is 1. The van der Waals surface area contributed by atoms with E-state index >= 15 is 0 Å². The molecule has 4 nitrogen and oxygen atoms in total. The molecule has 0 radical (unpaired) electrons. The number of hydrogen-bond donors (Lipinski definition) is 1. The standard InChI is InChI=1S/C10H11NO3S/c1-7(12)11-10-3-2-8-5-15(13,14)6-9(8)4-10/h2-4H,5-6H2,1H3,(H,11,12). The van der Waals surface area contributed by atoms with Crippen LogP contribution in [0.2, 0.25) is 0 Å². The van der Waals surface area contributed by atoms with Crippen molar-refractivity contribution in [2.24, 2.45) is 0 Å². The summed E-state index contributed by atoms with van der Waals surface area (Å²) < 4.78 is 22.7. The predicted molar refractivity (Wildman–Crippen MR) is 57.1 cm³/mol. The van der Waals surface area contributed by atoms with Crippen molar-refractivity contribution in [2.75, 3.05) is 5.32 Å². The summed E-state index contributed by atoms with van der Waals surface area (Å²) in [5.41, 5.74) is 2.28. The van der Waals surface area contributed by atoms with Gasteiger partial charge in [0, 0.05) is 12.6 Å². The molecule has 0 fully saturated rings. The van der Waals surface area contributed by atoms with Gasteiger partial charge in [-0.25, -0.2) is 8.42 Å². The zero-order chi connectivity index (χ0) is 11.1. The third kappa shape index (κ3) is 2.18. The second-order valence-electron chi connectivity index (χ2n) is 3.70. The van der Waals surface area contributed by atoms with Crippen LogP contribution in [0.1, 0.15) is 18.1 Å². The highest BCUT2D eigenvalue weighted by Gasteiger charge is 2.24. The number of carbonyl (C=O) groups is 1. The zero-order valence-corrected chi connectivity index (χ0v) is 9.10. The zero-order valence-electron chi connectivity index (χ0n) is 8.28. The second kappa shape index (κ2) is 3.34. The predicted octanol–water partition coefficient (Wildman–Crippen LogP) is 1.07. The molecule has 0 spiro atoms. The summed E-state index contributed by atoms with van der Waals surface area (Å²) in [5, 5.41) is 2.63. The summed E-state index contributed by atoms with van der Waals surface area (Å²) in [6.45, 7) is 1.42. The Morgan fingerprint density at radius 1 is 1.27 bits per heavy atom. The Hall–Kier alpha value is -1.36. The molecule has 0 aliphatic carbocycles. The third-order valence-corrected chi connectivity index (χ3v) is 3.78. The lowest BCUT2D eigenvalue weighted by Crippen LogP contribution is -2.05. The van der Waals surface area contributed by atoms with Crippen LogP contribution in [0.15, 0.2) is 18.2 Å². The van der Waals surface area contributed by atoms with Crippen LogP contribution in [0.5, 0.6) is 0 Å². The van der Waals surface area contributed by atoms with Gasteiger partial charge >= 0.3 is 0 Å². The van der Waals surface area contributed by atoms with Crippen LogP contribution in [-0.4, -0.2) is 14.3 Å². The van der Waals surface area contributed by atoms with Gasteiger partial charge in [0.15, 0.2) is 9.84 Å². The number of nitrogens with one attached hydrogen (secondary N) is 1. The van der Waals surface area contributed by atoms with Crippen molar-refractivity contribution >= 4 is 21.4 Å². The minimum atomic E-state index is -2.96. The fraction of sp³-hybridized carbons (Fsp3) is 0.300. The number of hydrogen-bond acceptors (Lipinski definition) is 3. The number of amides is 1. The number of carbonyl (C=O) groups excluding carboxylic acids is 1. The molecule has 1 aliphatic rings. The fourth-order valence-corrected chi connectivity index (χ4v) is 3.31. The van der Waals surface area contributed by atoms with Gasteiger partial charge in [-0.3, -0.25) is 4.79 Å². The largest absolute Gasteiger partial charge is 0.326 e. The first-order valence-electron chi connectivity index (χ1n) is 4.56. The van der Waals surface area contributed by atoms with Gasteiger partial charge in [0.05, 0.1) is 11.5 Å². The summed E-state index contributed by atoms with van der Waals surface area (Å²) in [7, 11) is -2.96. The molecule has 1 N–H and O–H groups in total. The second-order valence-corrected chi connectivity index (χ2v) is 5.76. The smallest absolute Gasteiger partial charge is 0.221 e. The molecule has 0 saturated heterocycles. The average Bonchev–Trinajstić information content (AvgIpc) is 2.36. The van der Waals surface area contributed by atoms with E-state index in [9.17, 15) is 13.2 Å². The van der Waals surface area contributed by atoms with Crippen LogP contribution >= 0.6 is 0 Å². The minimum Gasteiger partial charge on any atom is -0.326 e. The maximum absolute atomic E-state index is 11.3. The molecule has 0 atom stereocenters. The Balaban J connectivity index is 2.34. The van der Waals surface area contributed by atoms with Gasteiger partial charge in [-0.1, -0.05) is 6.07 Å². The van der Waals surface area contributed by atoms with Crippen molar-refractivity contribution in [1.29, 1.82) is 0 Å². The Labute approximate surface area is 88.2 Å². The van der Waals surface area contributed by atoms with Crippen LogP contribution in [0.25, 0.3) is 0 Å². The first-order chi connectivity index (χ1) is 6.96. The molecule has 1 aromatic carbocycles. The van der Waals surface area contributed by atoms with Gasteiger partial charge in [-0.05, 0) is 23.3 Å². The van der Waals surface area contributed by atoms with Gasteiger partial charge in [0.1, 0.15) is 0 Å². The number of anilines is 1. The van der Waals surface area contributed by atoms with Gasteiger partial charge in [-0.15, -0.1) is 0 Å². The van der Waals surface area contributed by atoms with Crippen molar-refractivity contribution in [1.82, 2.24) is 0 Å². The van der Waals surface area contributed by atoms with Crippen molar-refractivity contribution in [3.8, 4) is 0 Å². The molecule has 0 aromatic heterocycles. The Morgan fingerprint density at radius 2 is 1.93 bits per heavy atom. The molecule has 1 aliphatic heterocycles. The first-order valence-corrected chi connectivity index (χ1v) is 6.38. The highest BCUT2D eigenvalue weighted by atomic mass is 32.2. The maximum atomic E-state index is 11.3. The highest BCUT2D eigenvalue weighted by molar-refractivity contribution is 7.90. The molecular weight excluding hydrogens is 214 g/mol. The van der Waals surface area contributed by atoms with Crippen molar-refractivity contribution in [3.63, 3.8) is 0 Å². The molecular formula is C10H11NO3S. The molecule has 5 heteroatoms. The summed E-state index contributed by atoms with van der Waals surface area (Å²) in [4.78, 5) is 10.8. The molecule has 0 bridgehead atoms. The van der Waals surface area contributed by atoms with E-state index in [2.05, 4.69) is 5.32 Å². The summed E-state index contributed by atoms with van der Waals surface area (Å²) in [6.07, 6.45) is 0. The fourth-order valence-electron chi connectivity index (χ4n) is 1.71. The van der Waals surface area contributed by atoms with Crippen molar-refractivity contribution in [2.45, 2.75) is 18.4 Å². The van der Waals surface area contributed by atoms with Crippen LogP contribution in [0.3, 0.4) is 0 Å². The molecule has 1 amide bonds. The first kappa shape index (κ1) is 10.2. The highest BCUT2D eigenvalue weighted by Crippen LogP contribution is 2.27. The number of fused-ring (bicyclic) bond motifs is 1. The SMILES string of the molecule is CC(=O)Nc1ccc2c(c1)CS(=O)(=O)C2. The van der Waals surface area contributed by atoms with E-state index in [0.717, 1.165) is 11.1 Å². The van der Waals surface area contributed by atoms with Crippen molar-refractivity contribution < 1.29 is 13.2 Å². The quantitative estimate of drug-likeness (QED) is 0.777. The number of rotatable bonds is 1. The van der Waals surface area contributed by atoms with Gasteiger partial charge in [0.2, 0.25) is 5.91 Å². The molecule has 2 rings (SSSR count). The van der Waals surface area contributed by atoms with Gasteiger partial charge in [-0.2, -0.15) is 0 Å². The molecule has 0 saturated carbocycles. The summed E-state index contributed by atoms with van der Waals surface area (Å²) >= 11 is 0. The van der Waals surface area contributed by atoms with Crippen LogP contribution < -0.4 is 5.32 Å². The van der Waals surface area contributed by atoms with E-state index < -0.39 is 9.84 Å². The van der Waals surface area contributed by atoms with E-state index in [1.165, 1.54) is 6.92 Å². The van der Waals surface area contributed by atoms with E-state index in [-0.39, 0.29) is 17.4 Å². The van der Waals surface area contributed by atoms with E-state index in [4.69, 9.17) is 0 Å². The average molecular weight is 225 g/mol. The lowest BCUT2D eigenvalue weighted by molar-refractivity contribution is -0.114.